The summed E-state index contributed by atoms with van der Waals surface area (Å²) in [6.07, 6.45) is 1.45. The second kappa shape index (κ2) is 6.21. The van der Waals surface area contributed by atoms with Gasteiger partial charge in [0.05, 0.1) is 0 Å². The zero-order chi connectivity index (χ0) is 14.5. The molecule has 1 heterocycles. The van der Waals surface area contributed by atoms with E-state index < -0.39 is 5.97 Å². The Hall–Kier alpha value is -2.33. The number of benzene rings is 1. The Morgan fingerprint density at radius 2 is 1.95 bits per heavy atom. The van der Waals surface area contributed by atoms with Crippen LogP contribution < -0.4 is 4.74 Å². The lowest BCUT2D eigenvalue weighted by Gasteiger charge is -2.10. The highest BCUT2D eigenvalue weighted by atomic mass is 35.5. The number of nitrogens with zero attached hydrogens (tertiary/aromatic N) is 1. The first-order valence-corrected chi connectivity index (χ1v) is 6.24. The first-order chi connectivity index (χ1) is 9.58. The van der Waals surface area contributed by atoms with E-state index in [1.165, 1.54) is 12.3 Å². The van der Waals surface area contributed by atoms with E-state index in [4.69, 9.17) is 16.3 Å². The molecule has 0 amide bonds. The van der Waals surface area contributed by atoms with E-state index in [2.05, 4.69) is 4.98 Å². The number of aromatic nitrogens is 1. The highest BCUT2D eigenvalue weighted by molar-refractivity contribution is 6.29. The Kier molecular flexibility index (Phi) is 4.38. The highest BCUT2D eigenvalue weighted by Crippen LogP contribution is 2.23. The molecule has 0 atom stereocenters. The van der Waals surface area contributed by atoms with E-state index in [-0.39, 0.29) is 10.9 Å². The lowest BCUT2D eigenvalue weighted by atomic mass is 10.1. The number of aliphatic carboxylic acids is 1. The first kappa shape index (κ1) is 14.1. The van der Waals surface area contributed by atoms with Crippen LogP contribution in [0.25, 0.3) is 5.57 Å². The lowest BCUT2D eigenvalue weighted by molar-refractivity contribution is -0.134. The molecule has 0 spiro atoms. The third-order valence-corrected chi connectivity index (χ3v) is 2.87. The van der Waals surface area contributed by atoms with Crippen molar-refractivity contribution < 1.29 is 14.6 Å². The molecule has 1 aromatic heterocycles. The maximum absolute atomic E-state index is 11.4. The summed E-state index contributed by atoms with van der Waals surface area (Å²) < 4.78 is 5.43. The zero-order valence-electron chi connectivity index (χ0n) is 10.7. The number of rotatable bonds is 4. The summed E-state index contributed by atoms with van der Waals surface area (Å²) in [4.78, 5) is 15.2. The minimum Gasteiger partial charge on any atom is -0.475 e. The van der Waals surface area contributed by atoms with Crippen LogP contribution in [-0.4, -0.2) is 16.1 Å². The highest BCUT2D eigenvalue weighted by Gasteiger charge is 2.16. The molecule has 0 aliphatic heterocycles. The van der Waals surface area contributed by atoms with Gasteiger partial charge in [0.25, 0.3) is 0 Å². The normalized spacial score (nSPS) is 11.7. The molecule has 0 radical (unpaired) electrons. The molecule has 0 aliphatic rings. The molecule has 0 bridgehead atoms. The molecule has 0 saturated carbocycles. The minimum absolute atomic E-state index is 0.140. The van der Waals surface area contributed by atoms with E-state index >= 15 is 0 Å². The van der Waals surface area contributed by atoms with Crippen molar-refractivity contribution in [3.05, 3.63) is 65.1 Å². The van der Waals surface area contributed by atoms with Crippen LogP contribution in [-0.2, 0) is 4.79 Å². The van der Waals surface area contributed by atoms with Crippen LogP contribution in [0.15, 0.2) is 54.4 Å². The third kappa shape index (κ3) is 3.36. The fourth-order valence-electron chi connectivity index (χ4n) is 1.67. The van der Waals surface area contributed by atoms with Gasteiger partial charge in [0.15, 0.2) is 0 Å². The molecule has 102 valence electrons. The number of carboxylic acid groups (broad SMARTS) is 1. The molecule has 5 heteroatoms. The van der Waals surface area contributed by atoms with Crippen molar-refractivity contribution in [2.75, 3.05) is 0 Å². The maximum Gasteiger partial charge on any atom is 0.372 e. The molecule has 20 heavy (non-hydrogen) atoms. The minimum atomic E-state index is -1.14. The number of halogens is 1. The molecule has 1 aromatic carbocycles. The lowest BCUT2D eigenvalue weighted by Crippen LogP contribution is -2.10. The summed E-state index contributed by atoms with van der Waals surface area (Å²) in [5.74, 6) is -0.949. The van der Waals surface area contributed by atoms with Gasteiger partial charge in [-0.1, -0.05) is 41.9 Å². The number of carboxylic acids is 1. The Balaban J connectivity index is 2.39. The van der Waals surface area contributed by atoms with Crippen molar-refractivity contribution in [1.82, 2.24) is 4.98 Å². The van der Waals surface area contributed by atoms with E-state index in [9.17, 15) is 9.90 Å². The molecule has 0 unspecified atom stereocenters. The Morgan fingerprint density at radius 1 is 1.25 bits per heavy atom. The van der Waals surface area contributed by atoms with Crippen molar-refractivity contribution in [3.8, 4) is 5.75 Å². The van der Waals surface area contributed by atoms with Crippen LogP contribution in [0, 0.1) is 0 Å². The summed E-state index contributed by atoms with van der Waals surface area (Å²) >= 11 is 5.75. The molecule has 0 fully saturated rings. The van der Waals surface area contributed by atoms with Crippen LogP contribution >= 0.6 is 11.6 Å². The number of allylic oxidation sites excluding steroid dienone is 1. The van der Waals surface area contributed by atoms with Gasteiger partial charge in [-0.3, -0.25) is 0 Å². The van der Waals surface area contributed by atoms with Gasteiger partial charge in [-0.05, 0) is 18.6 Å². The van der Waals surface area contributed by atoms with Gasteiger partial charge in [-0.25, -0.2) is 9.78 Å². The van der Waals surface area contributed by atoms with Crippen molar-refractivity contribution in [2.45, 2.75) is 6.92 Å². The van der Waals surface area contributed by atoms with Crippen molar-refractivity contribution >= 4 is 23.1 Å². The van der Waals surface area contributed by atoms with Crippen molar-refractivity contribution in [2.24, 2.45) is 0 Å². The fourth-order valence-corrected chi connectivity index (χ4v) is 1.83. The van der Waals surface area contributed by atoms with Crippen LogP contribution in [0.5, 0.6) is 5.75 Å². The summed E-state index contributed by atoms with van der Waals surface area (Å²) in [6, 6.07) is 12.2. The largest absolute Gasteiger partial charge is 0.475 e. The molecular formula is C15H12ClNO3. The Morgan fingerprint density at radius 3 is 2.55 bits per heavy atom. The smallest absolute Gasteiger partial charge is 0.372 e. The molecule has 0 saturated heterocycles. The summed E-state index contributed by atoms with van der Waals surface area (Å²) in [7, 11) is 0. The topological polar surface area (TPSA) is 59.4 Å². The van der Waals surface area contributed by atoms with Crippen molar-refractivity contribution in [3.63, 3.8) is 0 Å². The fraction of sp³-hybridized carbons (Fsp3) is 0.0667. The maximum atomic E-state index is 11.4. The second-order valence-electron chi connectivity index (χ2n) is 4.04. The van der Waals surface area contributed by atoms with E-state index in [1.54, 1.807) is 13.0 Å². The van der Waals surface area contributed by atoms with E-state index in [0.717, 1.165) is 5.56 Å². The van der Waals surface area contributed by atoms with Gasteiger partial charge >= 0.3 is 5.97 Å². The number of pyridine rings is 1. The van der Waals surface area contributed by atoms with Gasteiger partial charge in [0, 0.05) is 17.8 Å². The SMILES string of the molecule is C/C(=C(\Oc1ccnc(Cl)c1)C(=O)O)c1ccccc1. The Labute approximate surface area is 121 Å². The Bertz CT molecular complexity index is 653. The van der Waals surface area contributed by atoms with Crippen LogP contribution in [0.1, 0.15) is 12.5 Å². The average molecular weight is 290 g/mol. The zero-order valence-corrected chi connectivity index (χ0v) is 11.5. The quantitative estimate of drug-likeness (QED) is 0.530. The van der Waals surface area contributed by atoms with Gasteiger partial charge in [-0.2, -0.15) is 0 Å². The standard InChI is InChI=1S/C15H12ClNO3/c1-10(11-5-3-2-4-6-11)14(15(18)19)20-12-7-8-17-13(16)9-12/h2-9H,1H3,(H,18,19)/b14-10+. The van der Waals surface area contributed by atoms with Crippen molar-refractivity contribution in [1.29, 1.82) is 0 Å². The number of carbonyl (C=O) groups is 1. The number of hydrogen-bond donors (Lipinski definition) is 1. The van der Waals surface area contributed by atoms with Gasteiger partial charge in [0.2, 0.25) is 5.76 Å². The molecule has 0 aliphatic carbocycles. The van der Waals surface area contributed by atoms with Crippen LogP contribution in [0.3, 0.4) is 0 Å². The first-order valence-electron chi connectivity index (χ1n) is 5.87. The van der Waals surface area contributed by atoms with E-state index in [1.807, 2.05) is 30.3 Å². The van der Waals surface area contributed by atoms with Crippen LogP contribution in [0.2, 0.25) is 5.15 Å². The van der Waals surface area contributed by atoms with Gasteiger partial charge in [-0.15, -0.1) is 0 Å². The summed E-state index contributed by atoms with van der Waals surface area (Å²) in [5, 5.41) is 9.54. The average Bonchev–Trinajstić information content (AvgIpc) is 2.45. The monoisotopic (exact) mass is 289 g/mol. The molecule has 1 N–H and O–H groups in total. The van der Waals surface area contributed by atoms with E-state index in [0.29, 0.717) is 11.3 Å². The summed E-state index contributed by atoms with van der Waals surface area (Å²) in [5.41, 5.74) is 1.32. The van der Waals surface area contributed by atoms with Gasteiger partial charge < -0.3 is 9.84 Å². The predicted molar refractivity (Wildman–Crippen MR) is 76.5 cm³/mol. The van der Waals surface area contributed by atoms with Gasteiger partial charge in [0.1, 0.15) is 10.9 Å². The molecule has 2 aromatic rings. The number of ether oxygens (including phenoxy) is 1. The molecule has 2 rings (SSSR count). The predicted octanol–water partition coefficient (Wildman–Crippen LogP) is 3.63. The number of hydrogen-bond acceptors (Lipinski definition) is 3. The second-order valence-corrected chi connectivity index (χ2v) is 4.43. The van der Waals surface area contributed by atoms with Crippen LogP contribution in [0.4, 0.5) is 0 Å². The third-order valence-electron chi connectivity index (χ3n) is 2.66. The summed E-state index contributed by atoms with van der Waals surface area (Å²) in [6.45, 7) is 1.70. The molecule has 4 nitrogen and oxygen atoms in total. The molecular weight excluding hydrogens is 278 g/mol.